The van der Waals surface area contributed by atoms with Crippen molar-refractivity contribution in [2.75, 3.05) is 12.3 Å². The summed E-state index contributed by atoms with van der Waals surface area (Å²) in [7, 11) is 0. The molecule has 4 atom stereocenters. The van der Waals surface area contributed by atoms with Gasteiger partial charge in [-0.05, 0) is 5.53 Å². The van der Waals surface area contributed by atoms with Gasteiger partial charge in [0, 0.05) is 4.91 Å². The first-order chi connectivity index (χ1) is 10.2. The van der Waals surface area contributed by atoms with E-state index in [-0.39, 0.29) is 5.82 Å². The van der Waals surface area contributed by atoms with Crippen LogP contribution in [0.15, 0.2) is 17.8 Å². The van der Waals surface area contributed by atoms with Gasteiger partial charge in [-0.2, -0.15) is 0 Å². The third-order valence-electron chi connectivity index (χ3n) is 3.36. The molecule has 11 heteroatoms. The molecule has 0 aromatic carbocycles. The number of aliphatic hydroxyl groups excluding tert-OH is 2. The molecule has 1 aliphatic rings. The molecule has 1 fully saturated rings. The minimum absolute atomic E-state index is 0.205. The van der Waals surface area contributed by atoms with E-state index in [1.807, 2.05) is 0 Å². The molecule has 3 heterocycles. The van der Waals surface area contributed by atoms with Gasteiger partial charge in [-0.25, -0.2) is 15.0 Å². The molecule has 0 amide bonds. The zero-order valence-corrected chi connectivity index (χ0v) is 10.7. The van der Waals surface area contributed by atoms with E-state index in [4.69, 9.17) is 16.0 Å². The fraction of sp³-hybridized carbons (Fsp3) is 0.500. The van der Waals surface area contributed by atoms with Crippen LogP contribution >= 0.6 is 0 Å². The average Bonchev–Trinajstić information content (AvgIpc) is 3.03. The lowest BCUT2D eigenvalue weighted by Gasteiger charge is -2.16. The Morgan fingerprint density at radius 3 is 3.00 bits per heavy atom. The summed E-state index contributed by atoms with van der Waals surface area (Å²) in [6.07, 6.45) is -0.151. The highest BCUT2D eigenvalue weighted by Gasteiger charge is 2.44. The van der Waals surface area contributed by atoms with Crippen molar-refractivity contribution in [2.45, 2.75) is 24.5 Å². The largest absolute Gasteiger partial charge is 0.394 e. The quantitative estimate of drug-likeness (QED) is 0.383. The standard InChI is InChI=1S/C10H12N8O3/c11-8-6-9(14-2-13-8)18(3-15-6)10-5(16-17-12)7(20)4(1-19)21-10/h2-5,7,10,19-20H,1H2,(H2,11,13,14)/t4-,5-,7-,10?/m1/s1. The normalized spacial score (nSPS) is 28.7. The predicted molar refractivity (Wildman–Crippen MR) is 69.7 cm³/mol. The predicted octanol–water partition coefficient (Wildman–Crippen LogP) is -0.662. The summed E-state index contributed by atoms with van der Waals surface area (Å²) in [5, 5.41) is 22.8. The summed E-state index contributed by atoms with van der Waals surface area (Å²) in [5.74, 6) is 0.205. The van der Waals surface area contributed by atoms with E-state index < -0.39 is 31.1 Å². The summed E-state index contributed by atoms with van der Waals surface area (Å²) in [6.45, 7) is -0.404. The minimum atomic E-state index is -1.13. The molecule has 0 radical (unpaired) electrons. The van der Waals surface area contributed by atoms with Gasteiger partial charge in [0.2, 0.25) is 0 Å². The van der Waals surface area contributed by atoms with Crippen LogP contribution in [0.3, 0.4) is 0 Å². The Balaban J connectivity index is 2.08. The van der Waals surface area contributed by atoms with Crippen LogP contribution in [0.5, 0.6) is 0 Å². The fourth-order valence-electron chi connectivity index (χ4n) is 2.35. The number of hydrogen-bond acceptors (Lipinski definition) is 8. The number of ether oxygens (including phenoxy) is 1. The molecule has 21 heavy (non-hydrogen) atoms. The number of hydrogen-bond donors (Lipinski definition) is 3. The van der Waals surface area contributed by atoms with Crippen LogP contribution in [-0.2, 0) is 4.74 Å². The second-order valence-corrected chi connectivity index (χ2v) is 4.52. The number of anilines is 1. The topological polar surface area (TPSA) is 168 Å². The molecule has 0 saturated carbocycles. The highest BCUT2D eigenvalue weighted by atomic mass is 16.5. The lowest BCUT2D eigenvalue weighted by molar-refractivity contribution is -0.0437. The number of nitrogen functional groups attached to an aromatic ring is 1. The fourth-order valence-corrected chi connectivity index (χ4v) is 2.35. The maximum atomic E-state index is 10.0. The third-order valence-corrected chi connectivity index (χ3v) is 3.36. The number of aliphatic hydroxyl groups is 2. The van der Waals surface area contributed by atoms with Gasteiger partial charge in [0.05, 0.1) is 19.0 Å². The van der Waals surface area contributed by atoms with Crippen molar-refractivity contribution in [1.82, 2.24) is 19.5 Å². The molecule has 1 saturated heterocycles. The summed E-state index contributed by atoms with van der Waals surface area (Å²) in [6, 6.07) is -0.916. The van der Waals surface area contributed by atoms with Gasteiger partial charge >= 0.3 is 0 Å². The smallest absolute Gasteiger partial charge is 0.167 e. The summed E-state index contributed by atoms with van der Waals surface area (Å²) in [5.41, 5.74) is 15.1. The summed E-state index contributed by atoms with van der Waals surface area (Å²) >= 11 is 0. The molecular formula is C10H12N8O3. The van der Waals surface area contributed by atoms with Crippen molar-refractivity contribution < 1.29 is 14.9 Å². The van der Waals surface area contributed by atoms with Gasteiger partial charge < -0.3 is 20.7 Å². The van der Waals surface area contributed by atoms with Gasteiger partial charge in [-0.1, -0.05) is 5.11 Å². The molecule has 4 N–H and O–H groups in total. The first kappa shape index (κ1) is 13.5. The van der Waals surface area contributed by atoms with E-state index in [2.05, 4.69) is 25.0 Å². The van der Waals surface area contributed by atoms with Crippen LogP contribution < -0.4 is 5.73 Å². The zero-order chi connectivity index (χ0) is 15.0. The van der Waals surface area contributed by atoms with Crippen LogP contribution in [0, 0.1) is 0 Å². The van der Waals surface area contributed by atoms with Crippen molar-refractivity contribution in [3.8, 4) is 0 Å². The summed E-state index contributed by atoms with van der Waals surface area (Å²) < 4.78 is 7.03. The Morgan fingerprint density at radius 2 is 2.29 bits per heavy atom. The first-order valence-corrected chi connectivity index (χ1v) is 6.09. The first-order valence-electron chi connectivity index (χ1n) is 6.09. The summed E-state index contributed by atoms with van der Waals surface area (Å²) in [4.78, 5) is 14.7. The van der Waals surface area contributed by atoms with Crippen molar-refractivity contribution in [2.24, 2.45) is 5.11 Å². The molecule has 2 aromatic heterocycles. The van der Waals surface area contributed by atoms with Crippen LogP contribution in [-0.4, -0.2) is 54.6 Å². The van der Waals surface area contributed by atoms with Crippen molar-refractivity contribution in [3.63, 3.8) is 0 Å². The second kappa shape index (κ2) is 5.14. The van der Waals surface area contributed by atoms with Gasteiger partial charge in [-0.3, -0.25) is 4.57 Å². The number of azide groups is 1. The zero-order valence-electron chi connectivity index (χ0n) is 10.7. The molecule has 0 bridgehead atoms. The Kier molecular flexibility index (Phi) is 3.31. The number of nitrogens with two attached hydrogens (primary N) is 1. The second-order valence-electron chi connectivity index (χ2n) is 4.52. The molecule has 1 unspecified atom stereocenters. The van der Waals surface area contributed by atoms with E-state index in [9.17, 15) is 10.2 Å². The van der Waals surface area contributed by atoms with Gasteiger partial charge in [0.15, 0.2) is 11.5 Å². The van der Waals surface area contributed by atoms with Gasteiger partial charge in [0.1, 0.15) is 30.2 Å². The number of rotatable bonds is 3. The molecular weight excluding hydrogens is 280 g/mol. The third kappa shape index (κ3) is 2.04. The minimum Gasteiger partial charge on any atom is -0.394 e. The Hall–Kier alpha value is -2.46. The number of aromatic nitrogens is 4. The Labute approximate surface area is 117 Å². The molecule has 0 aliphatic carbocycles. The lowest BCUT2D eigenvalue weighted by Crippen LogP contribution is -2.31. The highest BCUT2D eigenvalue weighted by molar-refractivity contribution is 5.81. The monoisotopic (exact) mass is 292 g/mol. The molecule has 0 spiro atoms. The van der Waals surface area contributed by atoms with E-state index in [0.717, 1.165) is 0 Å². The molecule has 11 nitrogen and oxygen atoms in total. The molecule has 2 aromatic rings. The number of imidazole rings is 1. The van der Waals surface area contributed by atoms with E-state index in [1.54, 1.807) is 0 Å². The Morgan fingerprint density at radius 1 is 1.48 bits per heavy atom. The van der Waals surface area contributed by atoms with Crippen LogP contribution in [0.1, 0.15) is 6.23 Å². The maximum absolute atomic E-state index is 10.0. The Bertz CT molecular complexity index is 711. The van der Waals surface area contributed by atoms with Crippen molar-refractivity contribution in [1.29, 1.82) is 0 Å². The van der Waals surface area contributed by atoms with E-state index in [0.29, 0.717) is 11.2 Å². The van der Waals surface area contributed by atoms with Gasteiger partial charge in [0.25, 0.3) is 0 Å². The molecule has 1 aliphatic heterocycles. The highest BCUT2D eigenvalue weighted by Crippen LogP contribution is 2.33. The van der Waals surface area contributed by atoms with Gasteiger partial charge in [-0.15, -0.1) is 0 Å². The molecule has 3 rings (SSSR count). The molecule has 110 valence electrons. The number of nitrogens with zero attached hydrogens (tertiary/aromatic N) is 7. The van der Waals surface area contributed by atoms with Crippen LogP contribution in [0.25, 0.3) is 21.6 Å². The van der Waals surface area contributed by atoms with E-state index in [1.165, 1.54) is 17.2 Å². The SMILES string of the molecule is [N-]=[N+]=N[C@H]1C(n2cnc3c(N)ncnc32)O[C@H](CO)[C@H]1O. The van der Waals surface area contributed by atoms with Crippen LogP contribution in [0.4, 0.5) is 5.82 Å². The number of fused-ring (bicyclic) bond motifs is 1. The average molecular weight is 292 g/mol. The van der Waals surface area contributed by atoms with E-state index >= 15 is 0 Å². The van der Waals surface area contributed by atoms with Crippen LogP contribution in [0.2, 0.25) is 0 Å². The maximum Gasteiger partial charge on any atom is 0.167 e. The van der Waals surface area contributed by atoms with Crippen molar-refractivity contribution >= 4 is 17.0 Å². The van der Waals surface area contributed by atoms with Crippen molar-refractivity contribution in [3.05, 3.63) is 23.1 Å². The lowest BCUT2D eigenvalue weighted by atomic mass is 10.1.